The van der Waals surface area contributed by atoms with Gasteiger partial charge in [0, 0.05) is 18.2 Å². The molecule has 1 aromatic rings. The van der Waals surface area contributed by atoms with Crippen molar-refractivity contribution in [1.82, 2.24) is 0 Å². The Bertz CT molecular complexity index is 464. The molecule has 0 heterocycles. The second kappa shape index (κ2) is 7.28. The van der Waals surface area contributed by atoms with E-state index in [9.17, 15) is 19.8 Å². The third kappa shape index (κ3) is 4.66. The predicted octanol–water partition coefficient (Wildman–Crippen LogP) is 0.850. The predicted molar refractivity (Wildman–Crippen MR) is 73.7 cm³/mol. The molecular formula is C13H17NO4S. The van der Waals surface area contributed by atoms with Gasteiger partial charge in [0.25, 0.3) is 0 Å². The van der Waals surface area contributed by atoms with Gasteiger partial charge in [0.2, 0.25) is 5.91 Å². The van der Waals surface area contributed by atoms with Crippen LogP contribution in [0.3, 0.4) is 0 Å². The fourth-order valence-corrected chi connectivity index (χ4v) is 2.31. The van der Waals surface area contributed by atoms with Crippen LogP contribution in [0.25, 0.3) is 0 Å². The van der Waals surface area contributed by atoms with Crippen LogP contribution in [0.1, 0.15) is 35.4 Å². The number of aliphatic hydroxyl groups is 2. The number of hydrogen-bond donors (Lipinski definition) is 3. The first kappa shape index (κ1) is 15.7. The molecule has 1 amide bonds. The molecule has 1 aromatic carbocycles. The number of thioether (sulfide) groups is 1. The van der Waals surface area contributed by atoms with Gasteiger partial charge in [-0.05, 0) is 18.1 Å². The van der Waals surface area contributed by atoms with Gasteiger partial charge in [0.15, 0.2) is 5.12 Å². The van der Waals surface area contributed by atoms with Crippen molar-refractivity contribution < 1.29 is 19.8 Å². The first-order chi connectivity index (χ1) is 8.93. The van der Waals surface area contributed by atoms with Crippen molar-refractivity contribution in [3.8, 4) is 0 Å². The van der Waals surface area contributed by atoms with E-state index in [2.05, 4.69) is 0 Å². The molecule has 0 saturated carbocycles. The van der Waals surface area contributed by atoms with Gasteiger partial charge in [-0.1, -0.05) is 30.0 Å². The monoisotopic (exact) mass is 283 g/mol. The van der Waals surface area contributed by atoms with Crippen LogP contribution in [-0.2, 0) is 4.79 Å². The normalized spacial score (nSPS) is 13.8. The first-order valence-corrected chi connectivity index (χ1v) is 6.80. The number of amides is 1. The molecule has 5 nitrogen and oxygen atoms in total. The van der Waals surface area contributed by atoms with E-state index in [1.165, 1.54) is 13.0 Å². The number of hydrogen-bond acceptors (Lipinski definition) is 5. The summed E-state index contributed by atoms with van der Waals surface area (Å²) in [6.45, 7) is 1.44. The summed E-state index contributed by atoms with van der Waals surface area (Å²) < 4.78 is 0. The van der Waals surface area contributed by atoms with Crippen LogP contribution in [0, 0.1) is 0 Å². The van der Waals surface area contributed by atoms with Gasteiger partial charge in [0.05, 0.1) is 6.10 Å². The maximum atomic E-state index is 11.2. The summed E-state index contributed by atoms with van der Waals surface area (Å²) in [5.74, 6) is -0.244. The molecular weight excluding hydrogens is 266 g/mol. The Balaban J connectivity index is 2.73. The highest BCUT2D eigenvalue weighted by atomic mass is 32.2. The van der Waals surface area contributed by atoms with E-state index in [1.54, 1.807) is 18.2 Å². The molecule has 0 aliphatic heterocycles. The second-order valence-corrected chi connectivity index (χ2v) is 5.36. The molecule has 0 radical (unpaired) electrons. The average Bonchev–Trinajstić information content (AvgIpc) is 2.37. The number of nitrogens with two attached hydrogens (primary N) is 1. The lowest BCUT2D eigenvalue weighted by Crippen LogP contribution is -2.23. The SMILES string of the molecule is CC(=O)SCCC(O)C(O)c1ccccc1C(N)=O. The third-order valence-corrected chi connectivity index (χ3v) is 3.47. The summed E-state index contributed by atoms with van der Waals surface area (Å²) in [5, 5.41) is 19.9. The molecule has 2 unspecified atom stereocenters. The van der Waals surface area contributed by atoms with E-state index < -0.39 is 18.1 Å². The highest BCUT2D eigenvalue weighted by Crippen LogP contribution is 2.23. The zero-order chi connectivity index (χ0) is 14.4. The van der Waals surface area contributed by atoms with Gasteiger partial charge in [-0.25, -0.2) is 0 Å². The topological polar surface area (TPSA) is 101 Å². The highest BCUT2D eigenvalue weighted by molar-refractivity contribution is 8.13. The number of carbonyl (C=O) groups is 2. The molecule has 0 saturated heterocycles. The lowest BCUT2D eigenvalue weighted by atomic mass is 9.97. The maximum absolute atomic E-state index is 11.2. The van der Waals surface area contributed by atoms with E-state index >= 15 is 0 Å². The Kier molecular flexibility index (Phi) is 6.01. The van der Waals surface area contributed by atoms with Crippen molar-refractivity contribution in [2.75, 3.05) is 5.75 Å². The van der Waals surface area contributed by atoms with Crippen LogP contribution >= 0.6 is 11.8 Å². The molecule has 6 heteroatoms. The van der Waals surface area contributed by atoms with Gasteiger partial charge in [-0.3, -0.25) is 9.59 Å². The molecule has 0 spiro atoms. The van der Waals surface area contributed by atoms with Crippen LogP contribution in [0.2, 0.25) is 0 Å². The lowest BCUT2D eigenvalue weighted by molar-refractivity contribution is -0.109. The summed E-state index contributed by atoms with van der Waals surface area (Å²) in [6, 6.07) is 6.33. The van der Waals surface area contributed by atoms with Crippen LogP contribution in [-0.4, -0.2) is 33.1 Å². The zero-order valence-corrected chi connectivity index (χ0v) is 11.4. The summed E-state index contributed by atoms with van der Waals surface area (Å²) in [4.78, 5) is 22.0. The minimum absolute atomic E-state index is 0.0424. The van der Waals surface area contributed by atoms with Gasteiger partial charge >= 0.3 is 0 Å². The van der Waals surface area contributed by atoms with Crippen molar-refractivity contribution in [3.63, 3.8) is 0 Å². The average molecular weight is 283 g/mol. The van der Waals surface area contributed by atoms with Crippen molar-refractivity contribution in [2.24, 2.45) is 5.73 Å². The fraction of sp³-hybridized carbons (Fsp3) is 0.385. The summed E-state index contributed by atoms with van der Waals surface area (Å²) >= 11 is 1.08. The van der Waals surface area contributed by atoms with Crippen LogP contribution in [0.15, 0.2) is 24.3 Å². The fourth-order valence-electron chi connectivity index (χ4n) is 1.67. The van der Waals surface area contributed by atoms with Gasteiger partial charge in [-0.2, -0.15) is 0 Å². The molecule has 2 atom stereocenters. The van der Waals surface area contributed by atoms with Crippen molar-refractivity contribution >= 4 is 22.8 Å². The van der Waals surface area contributed by atoms with E-state index in [1.807, 2.05) is 0 Å². The van der Waals surface area contributed by atoms with Crippen LogP contribution in [0.4, 0.5) is 0 Å². The Labute approximate surface area is 115 Å². The number of carbonyl (C=O) groups excluding carboxylic acids is 2. The molecule has 0 aromatic heterocycles. The van der Waals surface area contributed by atoms with E-state index in [-0.39, 0.29) is 17.1 Å². The molecule has 104 valence electrons. The number of aliphatic hydroxyl groups excluding tert-OH is 2. The van der Waals surface area contributed by atoms with Crippen molar-refractivity contribution in [2.45, 2.75) is 25.6 Å². The quantitative estimate of drug-likeness (QED) is 0.718. The Morgan fingerprint density at radius 3 is 2.53 bits per heavy atom. The standard InChI is InChI=1S/C13H17NO4S/c1-8(15)19-7-6-11(16)12(17)9-4-2-3-5-10(9)13(14)18/h2-5,11-12,16-17H,6-7H2,1H3,(H2,14,18). The Morgan fingerprint density at radius 2 is 1.95 bits per heavy atom. The van der Waals surface area contributed by atoms with Gasteiger partial charge < -0.3 is 15.9 Å². The Hall–Kier alpha value is -1.37. The molecule has 1 rings (SSSR count). The van der Waals surface area contributed by atoms with Crippen LogP contribution < -0.4 is 5.73 Å². The van der Waals surface area contributed by atoms with Crippen LogP contribution in [0.5, 0.6) is 0 Å². The number of benzene rings is 1. The highest BCUT2D eigenvalue weighted by Gasteiger charge is 2.22. The number of primary amides is 1. The largest absolute Gasteiger partial charge is 0.390 e. The number of rotatable bonds is 6. The first-order valence-electron chi connectivity index (χ1n) is 5.81. The van der Waals surface area contributed by atoms with Gasteiger partial charge in [0.1, 0.15) is 6.10 Å². The molecule has 0 aliphatic carbocycles. The minimum Gasteiger partial charge on any atom is -0.390 e. The van der Waals surface area contributed by atoms with Crippen molar-refractivity contribution in [3.05, 3.63) is 35.4 Å². The molecule has 4 N–H and O–H groups in total. The van der Waals surface area contributed by atoms with Crippen molar-refractivity contribution in [1.29, 1.82) is 0 Å². The summed E-state index contributed by atoms with van der Waals surface area (Å²) in [5.41, 5.74) is 5.70. The third-order valence-electron chi connectivity index (χ3n) is 2.63. The smallest absolute Gasteiger partial charge is 0.249 e. The van der Waals surface area contributed by atoms with E-state index in [4.69, 9.17) is 5.73 Å². The lowest BCUT2D eigenvalue weighted by Gasteiger charge is -2.19. The molecule has 0 fully saturated rings. The Morgan fingerprint density at radius 1 is 1.32 bits per heavy atom. The minimum atomic E-state index is -1.20. The van der Waals surface area contributed by atoms with E-state index in [0.717, 1.165) is 11.8 Å². The summed E-state index contributed by atoms with van der Waals surface area (Å²) in [6.07, 6.45) is -2.00. The maximum Gasteiger partial charge on any atom is 0.249 e. The van der Waals surface area contributed by atoms with E-state index in [0.29, 0.717) is 11.3 Å². The second-order valence-electron chi connectivity index (χ2n) is 4.09. The molecule has 0 bridgehead atoms. The zero-order valence-electron chi connectivity index (χ0n) is 10.6. The molecule has 19 heavy (non-hydrogen) atoms. The molecule has 0 aliphatic rings. The van der Waals surface area contributed by atoms with Gasteiger partial charge in [-0.15, -0.1) is 0 Å². The summed E-state index contributed by atoms with van der Waals surface area (Å²) in [7, 11) is 0.